The van der Waals surface area contributed by atoms with E-state index < -0.39 is 0 Å². The SMILES string of the molecule is COC(=O)c1csc2c1C(C)CC2(C)C. The van der Waals surface area contributed by atoms with Crippen molar-refractivity contribution >= 4 is 17.3 Å². The van der Waals surface area contributed by atoms with Crippen LogP contribution in [0.15, 0.2) is 5.38 Å². The lowest BCUT2D eigenvalue weighted by Gasteiger charge is -2.16. The van der Waals surface area contributed by atoms with Crippen LogP contribution in [0.25, 0.3) is 0 Å². The van der Waals surface area contributed by atoms with Gasteiger partial charge < -0.3 is 4.74 Å². The lowest BCUT2D eigenvalue weighted by atomic mass is 9.91. The maximum Gasteiger partial charge on any atom is 0.339 e. The molecule has 1 aliphatic rings. The van der Waals surface area contributed by atoms with Crippen molar-refractivity contribution in [3.63, 3.8) is 0 Å². The molecule has 1 unspecified atom stereocenters. The number of fused-ring (bicyclic) bond motifs is 1. The Morgan fingerprint density at radius 2 is 2.27 bits per heavy atom. The van der Waals surface area contributed by atoms with E-state index in [4.69, 9.17) is 4.74 Å². The molecule has 2 nitrogen and oxygen atoms in total. The molecule has 1 aliphatic carbocycles. The van der Waals surface area contributed by atoms with Gasteiger partial charge in [-0.15, -0.1) is 11.3 Å². The number of thiophene rings is 1. The highest BCUT2D eigenvalue weighted by Crippen LogP contribution is 2.50. The van der Waals surface area contributed by atoms with Crippen LogP contribution in [0, 0.1) is 0 Å². The van der Waals surface area contributed by atoms with Crippen LogP contribution >= 0.6 is 11.3 Å². The van der Waals surface area contributed by atoms with Gasteiger partial charge in [0.25, 0.3) is 0 Å². The zero-order valence-corrected chi connectivity index (χ0v) is 10.4. The summed E-state index contributed by atoms with van der Waals surface area (Å²) in [5.41, 5.74) is 2.21. The fourth-order valence-electron chi connectivity index (χ4n) is 2.61. The summed E-state index contributed by atoms with van der Waals surface area (Å²) in [5.74, 6) is 0.271. The average Bonchev–Trinajstić information content (AvgIpc) is 2.67. The zero-order chi connectivity index (χ0) is 11.2. The van der Waals surface area contributed by atoms with Crippen LogP contribution < -0.4 is 0 Å². The molecular weight excluding hydrogens is 208 g/mol. The number of esters is 1. The second-order valence-corrected chi connectivity index (χ2v) is 5.75. The first-order valence-electron chi connectivity index (χ1n) is 5.17. The third-order valence-corrected chi connectivity index (χ3v) is 4.52. The number of hydrogen-bond donors (Lipinski definition) is 0. The molecular formula is C12H16O2S. The Morgan fingerprint density at radius 1 is 1.60 bits per heavy atom. The first kappa shape index (κ1) is 10.7. The summed E-state index contributed by atoms with van der Waals surface area (Å²) >= 11 is 1.69. The summed E-state index contributed by atoms with van der Waals surface area (Å²) in [6.45, 7) is 6.67. The number of methoxy groups -OCH3 is 1. The summed E-state index contributed by atoms with van der Waals surface area (Å²) in [6, 6.07) is 0. The lowest BCUT2D eigenvalue weighted by molar-refractivity contribution is 0.0600. The van der Waals surface area contributed by atoms with Crippen molar-refractivity contribution in [2.45, 2.75) is 38.5 Å². The van der Waals surface area contributed by atoms with E-state index >= 15 is 0 Å². The van der Waals surface area contributed by atoms with Crippen LogP contribution in [-0.4, -0.2) is 13.1 Å². The predicted molar refractivity (Wildman–Crippen MR) is 61.7 cm³/mol. The van der Waals surface area contributed by atoms with Crippen molar-refractivity contribution < 1.29 is 9.53 Å². The third-order valence-electron chi connectivity index (χ3n) is 3.16. The molecule has 0 saturated carbocycles. The Kier molecular flexibility index (Phi) is 2.38. The fourth-order valence-corrected chi connectivity index (χ4v) is 3.91. The van der Waals surface area contributed by atoms with Gasteiger partial charge in [0.2, 0.25) is 0 Å². The van der Waals surface area contributed by atoms with Crippen LogP contribution in [0.4, 0.5) is 0 Å². The van der Waals surface area contributed by atoms with E-state index in [9.17, 15) is 4.79 Å². The molecule has 2 rings (SSSR count). The molecule has 82 valence electrons. The molecule has 0 amide bonds. The molecule has 3 heteroatoms. The van der Waals surface area contributed by atoms with Gasteiger partial charge in [0.15, 0.2) is 0 Å². The fraction of sp³-hybridized carbons (Fsp3) is 0.583. The number of ether oxygens (including phenoxy) is 1. The molecule has 0 spiro atoms. The van der Waals surface area contributed by atoms with Gasteiger partial charge in [-0.1, -0.05) is 20.8 Å². The highest BCUT2D eigenvalue weighted by atomic mass is 32.1. The van der Waals surface area contributed by atoms with Crippen molar-refractivity contribution in [3.05, 3.63) is 21.4 Å². The van der Waals surface area contributed by atoms with Gasteiger partial charge in [-0.25, -0.2) is 4.79 Å². The van der Waals surface area contributed by atoms with E-state index in [1.54, 1.807) is 11.3 Å². The number of carbonyl (C=O) groups excluding carboxylic acids is 1. The predicted octanol–water partition coefficient (Wildman–Crippen LogP) is 3.32. The van der Waals surface area contributed by atoms with Crippen molar-refractivity contribution in [2.24, 2.45) is 0 Å². The first-order valence-corrected chi connectivity index (χ1v) is 6.05. The van der Waals surface area contributed by atoms with Gasteiger partial charge in [-0.05, 0) is 23.3 Å². The number of rotatable bonds is 1. The molecule has 0 radical (unpaired) electrons. The quantitative estimate of drug-likeness (QED) is 0.684. The Morgan fingerprint density at radius 3 is 2.87 bits per heavy atom. The van der Waals surface area contributed by atoms with Gasteiger partial charge in [-0.3, -0.25) is 0 Å². The van der Waals surface area contributed by atoms with Crippen molar-refractivity contribution in [3.8, 4) is 0 Å². The Balaban J connectivity index is 2.52. The Hall–Kier alpha value is -0.830. The van der Waals surface area contributed by atoms with Gasteiger partial charge >= 0.3 is 5.97 Å². The van der Waals surface area contributed by atoms with E-state index in [1.807, 2.05) is 5.38 Å². The zero-order valence-electron chi connectivity index (χ0n) is 9.59. The molecule has 0 aromatic carbocycles. The van der Waals surface area contributed by atoms with Crippen LogP contribution in [0.3, 0.4) is 0 Å². The summed E-state index contributed by atoms with van der Waals surface area (Å²) in [5, 5.41) is 1.94. The maximum atomic E-state index is 11.6. The summed E-state index contributed by atoms with van der Waals surface area (Å²) in [7, 11) is 1.44. The molecule has 1 atom stereocenters. The average molecular weight is 224 g/mol. The normalized spacial score (nSPS) is 22.5. The van der Waals surface area contributed by atoms with Gasteiger partial charge in [0.05, 0.1) is 12.7 Å². The van der Waals surface area contributed by atoms with E-state index in [1.165, 1.54) is 17.6 Å². The largest absolute Gasteiger partial charge is 0.465 e. The molecule has 0 saturated heterocycles. The highest BCUT2D eigenvalue weighted by molar-refractivity contribution is 7.10. The second-order valence-electron chi connectivity index (χ2n) is 4.87. The molecule has 15 heavy (non-hydrogen) atoms. The van der Waals surface area contributed by atoms with Gasteiger partial charge in [0.1, 0.15) is 0 Å². The van der Waals surface area contributed by atoms with Crippen LogP contribution in [0.5, 0.6) is 0 Å². The van der Waals surface area contributed by atoms with Gasteiger partial charge in [-0.2, -0.15) is 0 Å². The molecule has 1 aromatic heterocycles. The van der Waals surface area contributed by atoms with Crippen LogP contribution in [-0.2, 0) is 10.2 Å². The monoisotopic (exact) mass is 224 g/mol. The molecule has 0 fully saturated rings. The number of carbonyl (C=O) groups is 1. The molecule has 0 bridgehead atoms. The molecule has 0 N–H and O–H groups in total. The Bertz CT molecular complexity index is 404. The summed E-state index contributed by atoms with van der Waals surface area (Å²) in [4.78, 5) is 12.9. The standard InChI is InChI=1S/C12H16O2S/c1-7-5-12(2,3)10-9(7)8(6-15-10)11(13)14-4/h6-7H,5H2,1-4H3. The van der Waals surface area contributed by atoms with E-state index in [0.717, 1.165) is 12.0 Å². The maximum absolute atomic E-state index is 11.6. The number of hydrogen-bond acceptors (Lipinski definition) is 3. The summed E-state index contributed by atoms with van der Waals surface area (Å²) < 4.78 is 4.80. The minimum absolute atomic E-state index is 0.197. The minimum atomic E-state index is -0.197. The highest BCUT2D eigenvalue weighted by Gasteiger charge is 2.39. The van der Waals surface area contributed by atoms with Crippen molar-refractivity contribution in [1.29, 1.82) is 0 Å². The first-order chi connectivity index (χ1) is 6.97. The van der Waals surface area contributed by atoms with E-state index in [2.05, 4.69) is 20.8 Å². The molecule has 1 heterocycles. The molecule has 0 aliphatic heterocycles. The third kappa shape index (κ3) is 1.49. The minimum Gasteiger partial charge on any atom is -0.465 e. The van der Waals surface area contributed by atoms with Crippen LogP contribution in [0.2, 0.25) is 0 Å². The Labute approximate surface area is 94.3 Å². The van der Waals surface area contributed by atoms with E-state index in [-0.39, 0.29) is 11.4 Å². The van der Waals surface area contributed by atoms with Gasteiger partial charge in [0, 0.05) is 10.3 Å². The molecule has 1 aromatic rings. The van der Waals surface area contributed by atoms with E-state index in [0.29, 0.717) is 5.92 Å². The second kappa shape index (κ2) is 3.34. The van der Waals surface area contributed by atoms with Crippen molar-refractivity contribution in [2.75, 3.05) is 7.11 Å². The topological polar surface area (TPSA) is 26.3 Å². The summed E-state index contributed by atoms with van der Waals surface area (Å²) in [6.07, 6.45) is 1.12. The van der Waals surface area contributed by atoms with Crippen molar-refractivity contribution in [1.82, 2.24) is 0 Å². The smallest absolute Gasteiger partial charge is 0.339 e. The lowest BCUT2D eigenvalue weighted by Crippen LogP contribution is -2.10. The van der Waals surface area contributed by atoms with Crippen LogP contribution in [0.1, 0.15) is 53.9 Å².